The van der Waals surface area contributed by atoms with Crippen molar-refractivity contribution < 1.29 is 89.1 Å². The van der Waals surface area contributed by atoms with Crippen LogP contribution in [-0.2, 0) is 38.1 Å². The molecular formula is C25H42N2O18. The van der Waals surface area contributed by atoms with Crippen molar-refractivity contribution in [3.05, 3.63) is 0 Å². The van der Waals surface area contributed by atoms with Crippen LogP contribution in [0.3, 0.4) is 0 Å². The fraction of sp³-hybridized carbons (Fsp3) is 0.880. The largest absolute Gasteiger partial charge is 0.477 e. The molecule has 3 saturated heterocycles. The molecule has 15 atom stereocenters. The third-order valence-corrected chi connectivity index (χ3v) is 7.80. The highest BCUT2D eigenvalue weighted by Crippen LogP contribution is 2.38. The molecule has 20 heteroatoms. The van der Waals surface area contributed by atoms with Crippen molar-refractivity contribution >= 4 is 17.8 Å². The van der Waals surface area contributed by atoms with Crippen molar-refractivity contribution in [2.45, 2.75) is 112 Å². The molecule has 2 amide bonds. The highest BCUT2D eigenvalue weighted by Gasteiger charge is 2.60. The minimum atomic E-state index is -3.00. The van der Waals surface area contributed by atoms with E-state index in [9.17, 15) is 65.4 Å². The summed E-state index contributed by atoms with van der Waals surface area (Å²) in [5, 5.41) is 108. The van der Waals surface area contributed by atoms with E-state index in [1.807, 2.05) is 0 Å². The van der Waals surface area contributed by atoms with Crippen LogP contribution in [0.4, 0.5) is 0 Å². The first kappa shape index (κ1) is 37.3. The molecule has 3 aliphatic heterocycles. The number of hydrogen-bond acceptors (Lipinski definition) is 17. The molecule has 0 aromatic heterocycles. The Morgan fingerprint density at radius 2 is 1.51 bits per heavy atom. The van der Waals surface area contributed by atoms with Crippen LogP contribution in [0.15, 0.2) is 0 Å². The number of carbonyl (C=O) groups is 3. The summed E-state index contributed by atoms with van der Waals surface area (Å²) in [4.78, 5) is 36.2. The molecule has 0 aromatic carbocycles. The molecule has 3 fully saturated rings. The van der Waals surface area contributed by atoms with Crippen molar-refractivity contribution in [3.63, 3.8) is 0 Å². The summed E-state index contributed by atoms with van der Waals surface area (Å²) in [5.41, 5.74) is 0. The van der Waals surface area contributed by atoms with Gasteiger partial charge >= 0.3 is 5.97 Å². The molecule has 0 aliphatic carbocycles. The van der Waals surface area contributed by atoms with E-state index in [1.165, 1.54) is 6.92 Å². The lowest BCUT2D eigenvalue weighted by Crippen LogP contribution is -2.71. The van der Waals surface area contributed by atoms with Crippen molar-refractivity contribution in [3.8, 4) is 0 Å². The number of amides is 2. The summed E-state index contributed by atoms with van der Waals surface area (Å²) in [5.74, 6) is -6.24. The molecule has 0 unspecified atom stereocenters. The Morgan fingerprint density at radius 3 is 2.04 bits per heavy atom. The van der Waals surface area contributed by atoms with Gasteiger partial charge in [0, 0.05) is 20.3 Å². The van der Waals surface area contributed by atoms with Gasteiger partial charge in [0.05, 0.1) is 44.6 Å². The van der Waals surface area contributed by atoms with E-state index < -0.39 is 135 Å². The normalized spacial score (nSPS) is 41.9. The van der Waals surface area contributed by atoms with Gasteiger partial charge in [-0.1, -0.05) is 0 Å². The number of hydrogen-bond donors (Lipinski definition) is 12. The van der Waals surface area contributed by atoms with Crippen molar-refractivity contribution in [1.29, 1.82) is 0 Å². The molecular weight excluding hydrogens is 616 g/mol. The van der Waals surface area contributed by atoms with Crippen LogP contribution in [0, 0.1) is 0 Å². The van der Waals surface area contributed by atoms with Crippen molar-refractivity contribution in [2.75, 3.05) is 26.4 Å². The molecule has 0 spiro atoms. The van der Waals surface area contributed by atoms with Crippen LogP contribution in [-0.4, -0.2) is 187 Å². The number of carboxylic acid groups (broad SMARTS) is 1. The Hall–Kier alpha value is -2.15. The maximum Gasteiger partial charge on any atom is 0.364 e. The maximum atomic E-state index is 12.6. The number of nitrogens with one attached hydrogen (secondary N) is 2. The highest BCUT2D eigenvalue weighted by molar-refractivity contribution is 5.76. The predicted octanol–water partition coefficient (Wildman–Crippen LogP) is -7.40. The van der Waals surface area contributed by atoms with Gasteiger partial charge < -0.3 is 85.4 Å². The van der Waals surface area contributed by atoms with Crippen LogP contribution in [0.2, 0.25) is 0 Å². The molecule has 45 heavy (non-hydrogen) atoms. The smallest absolute Gasteiger partial charge is 0.364 e. The number of aliphatic hydroxyl groups excluding tert-OH is 9. The second kappa shape index (κ2) is 15.6. The van der Waals surface area contributed by atoms with Crippen LogP contribution < -0.4 is 10.6 Å². The average molecular weight is 659 g/mol. The quantitative estimate of drug-likeness (QED) is 0.0926. The Kier molecular flexibility index (Phi) is 13.0. The van der Waals surface area contributed by atoms with Gasteiger partial charge in [0.25, 0.3) is 5.79 Å². The molecule has 260 valence electrons. The van der Waals surface area contributed by atoms with Gasteiger partial charge in [0.15, 0.2) is 6.29 Å². The summed E-state index contributed by atoms with van der Waals surface area (Å²) in [6.07, 6.45) is -22.7. The lowest BCUT2D eigenvalue weighted by Gasteiger charge is -2.50. The number of carbonyl (C=O) groups excluding carboxylic acids is 2. The Morgan fingerprint density at radius 1 is 0.911 bits per heavy atom. The molecule has 3 heterocycles. The first-order chi connectivity index (χ1) is 21.1. The van der Waals surface area contributed by atoms with Crippen molar-refractivity contribution in [2.24, 2.45) is 0 Å². The molecule has 3 rings (SSSR count). The van der Waals surface area contributed by atoms with Gasteiger partial charge in [-0.3, -0.25) is 9.59 Å². The van der Waals surface area contributed by atoms with Gasteiger partial charge in [-0.2, -0.15) is 0 Å². The summed E-state index contributed by atoms with van der Waals surface area (Å²) < 4.78 is 27.7. The fourth-order valence-electron chi connectivity index (χ4n) is 5.52. The Bertz CT molecular complexity index is 1020. The molecule has 0 radical (unpaired) electrons. The first-order valence-corrected chi connectivity index (χ1v) is 14.1. The van der Waals surface area contributed by atoms with Crippen LogP contribution in [0.25, 0.3) is 0 Å². The minimum absolute atomic E-state index is 0.256. The van der Waals surface area contributed by atoms with Crippen LogP contribution in [0.1, 0.15) is 20.3 Å². The van der Waals surface area contributed by atoms with E-state index in [0.717, 1.165) is 6.92 Å². The number of ether oxygens (including phenoxy) is 5. The molecule has 0 saturated carbocycles. The lowest BCUT2D eigenvalue weighted by atomic mass is 9.88. The SMILES string of the molecule is CC(=O)N[C@H]1[C@H]([C@H](O)[C@H](O)CO)O[C@@](O[C@H]2[C@@H](O)[C@@H](CO)O[C@@H](O[C@H]3[C@@H](O)[C@@H](CO)OC[C@@H]3NC(C)=O)[C@@H]2O)(C(=O)O)C[C@@H]1O. The van der Waals surface area contributed by atoms with E-state index in [1.54, 1.807) is 0 Å². The van der Waals surface area contributed by atoms with Crippen LogP contribution >= 0.6 is 0 Å². The monoisotopic (exact) mass is 658 g/mol. The Balaban J connectivity index is 1.96. The molecule has 3 aliphatic rings. The lowest BCUT2D eigenvalue weighted by molar-refractivity contribution is -0.377. The highest BCUT2D eigenvalue weighted by atomic mass is 16.8. The number of rotatable bonds is 12. The van der Waals surface area contributed by atoms with Gasteiger partial charge in [-0.15, -0.1) is 0 Å². The Labute approximate surface area is 256 Å². The zero-order valence-electron chi connectivity index (χ0n) is 24.4. The topological polar surface area (TPSA) is 324 Å². The molecule has 12 N–H and O–H groups in total. The van der Waals surface area contributed by atoms with E-state index in [2.05, 4.69) is 10.6 Å². The molecule has 20 nitrogen and oxygen atoms in total. The molecule has 0 aromatic rings. The van der Waals surface area contributed by atoms with Gasteiger partial charge in [-0.05, 0) is 0 Å². The summed E-state index contributed by atoms with van der Waals surface area (Å²) >= 11 is 0. The standard InChI is InChI=1S/C25H42N2O18/c1-8(31)26-10-7-41-13(5-29)17(36)20(10)43-23-19(38)22(18(37)14(6-30)42-23)45-25(24(39)40)3-11(33)15(27-9(2)32)21(44-25)16(35)12(34)4-28/h10-23,28-30,33-38H,3-7H2,1-2H3,(H,26,31)(H,27,32)(H,39,40)/t10-,11-,12+,13+,14+,15+,16+,17-,18-,19+,20+,21+,22-,23-,25-/m0/s1. The number of aliphatic carboxylic acids is 1. The third-order valence-electron chi connectivity index (χ3n) is 7.80. The minimum Gasteiger partial charge on any atom is -0.477 e. The average Bonchev–Trinajstić information content (AvgIpc) is 2.98. The van der Waals surface area contributed by atoms with E-state index in [0.29, 0.717) is 0 Å². The number of carboxylic acids is 1. The summed E-state index contributed by atoms with van der Waals surface area (Å²) in [6.45, 7) is -0.672. The third kappa shape index (κ3) is 8.23. The first-order valence-electron chi connectivity index (χ1n) is 14.1. The van der Waals surface area contributed by atoms with E-state index in [4.69, 9.17) is 23.7 Å². The fourth-order valence-corrected chi connectivity index (χ4v) is 5.52. The van der Waals surface area contributed by atoms with Crippen LogP contribution in [0.5, 0.6) is 0 Å². The zero-order valence-corrected chi connectivity index (χ0v) is 24.4. The van der Waals surface area contributed by atoms with Crippen molar-refractivity contribution in [1.82, 2.24) is 10.6 Å². The predicted molar refractivity (Wildman–Crippen MR) is 141 cm³/mol. The number of aliphatic hydroxyl groups is 9. The maximum absolute atomic E-state index is 12.6. The second-order valence-corrected chi connectivity index (χ2v) is 11.1. The van der Waals surface area contributed by atoms with Gasteiger partial charge in [-0.25, -0.2) is 4.79 Å². The van der Waals surface area contributed by atoms with Gasteiger partial charge in [0.1, 0.15) is 61.0 Å². The summed E-state index contributed by atoms with van der Waals surface area (Å²) in [6, 6.07) is -2.58. The van der Waals surface area contributed by atoms with E-state index >= 15 is 0 Å². The summed E-state index contributed by atoms with van der Waals surface area (Å²) in [7, 11) is 0. The van der Waals surface area contributed by atoms with Gasteiger partial charge in [0.2, 0.25) is 11.8 Å². The molecule has 0 bridgehead atoms. The van der Waals surface area contributed by atoms with E-state index in [-0.39, 0.29) is 6.61 Å². The second-order valence-electron chi connectivity index (χ2n) is 11.1. The zero-order chi connectivity index (χ0) is 33.8.